The lowest BCUT2D eigenvalue weighted by molar-refractivity contribution is -0.137. The first kappa shape index (κ1) is 20.3. The molecule has 0 saturated heterocycles. The van der Waals surface area contributed by atoms with Crippen molar-refractivity contribution in [1.82, 2.24) is 19.7 Å². The Morgan fingerprint density at radius 2 is 1.87 bits per heavy atom. The van der Waals surface area contributed by atoms with Crippen molar-refractivity contribution >= 4 is 28.6 Å². The first-order valence-electron chi connectivity index (χ1n) is 9.18. The van der Waals surface area contributed by atoms with Crippen LogP contribution in [0.4, 0.5) is 13.2 Å². The number of benzene rings is 2. The average Bonchev–Trinajstić information content (AvgIpc) is 3.19. The number of rotatable bonds is 4. The van der Waals surface area contributed by atoms with Gasteiger partial charge in [0.25, 0.3) is 5.91 Å². The number of primary amides is 1. The van der Waals surface area contributed by atoms with Crippen LogP contribution >= 0.6 is 0 Å². The molecule has 0 radical (unpaired) electrons. The van der Waals surface area contributed by atoms with Gasteiger partial charge in [-0.2, -0.15) is 13.2 Å². The third kappa shape index (κ3) is 4.30. The fraction of sp³-hybridized carbons (Fsp3) is 0.0909. The van der Waals surface area contributed by atoms with E-state index in [0.717, 1.165) is 23.0 Å². The fourth-order valence-corrected chi connectivity index (χ4v) is 3.18. The van der Waals surface area contributed by atoms with Gasteiger partial charge in [0.1, 0.15) is 6.33 Å². The van der Waals surface area contributed by atoms with E-state index in [-0.39, 0.29) is 17.0 Å². The maximum absolute atomic E-state index is 13.1. The molecule has 31 heavy (non-hydrogen) atoms. The van der Waals surface area contributed by atoms with E-state index < -0.39 is 17.6 Å². The van der Waals surface area contributed by atoms with Gasteiger partial charge in [0, 0.05) is 28.9 Å². The van der Waals surface area contributed by atoms with E-state index in [0.29, 0.717) is 11.1 Å². The molecule has 9 heteroatoms. The quantitative estimate of drug-likeness (QED) is 0.496. The number of fused-ring (bicyclic) bond motifs is 1. The normalized spacial score (nSPS) is 12.3. The van der Waals surface area contributed by atoms with Crippen molar-refractivity contribution in [3.63, 3.8) is 0 Å². The number of alkyl halides is 3. The molecule has 156 valence electrons. The Morgan fingerprint density at radius 3 is 2.61 bits per heavy atom. The smallest absolute Gasteiger partial charge is 0.366 e. The zero-order valence-corrected chi connectivity index (χ0v) is 16.3. The standard InChI is InChI=1S/C22H16F3N5O/c1-13-6-15(9-17(7-13)22(23,24)25)21-28-12-30(29-21)11-18(20(26)31)16-8-14-4-2-3-5-19(14)27-10-16/h2-12H,1H3,(H2,26,31)/b18-11+. The number of halogens is 3. The second kappa shape index (κ2) is 7.67. The van der Waals surface area contributed by atoms with Gasteiger partial charge in [-0.25, -0.2) is 9.67 Å². The van der Waals surface area contributed by atoms with Crippen LogP contribution in [0.15, 0.2) is 61.1 Å². The van der Waals surface area contributed by atoms with Crippen molar-refractivity contribution in [3.05, 3.63) is 77.7 Å². The van der Waals surface area contributed by atoms with Crippen LogP contribution in [-0.2, 0) is 11.0 Å². The van der Waals surface area contributed by atoms with Crippen molar-refractivity contribution in [2.45, 2.75) is 13.1 Å². The van der Waals surface area contributed by atoms with Crippen molar-refractivity contribution in [3.8, 4) is 11.4 Å². The number of pyridine rings is 1. The zero-order valence-electron chi connectivity index (χ0n) is 16.3. The molecule has 2 N–H and O–H groups in total. The Labute approximate surface area is 174 Å². The van der Waals surface area contributed by atoms with Crippen molar-refractivity contribution < 1.29 is 18.0 Å². The molecule has 4 rings (SSSR count). The van der Waals surface area contributed by atoms with Gasteiger partial charge < -0.3 is 5.73 Å². The summed E-state index contributed by atoms with van der Waals surface area (Å²) in [5, 5.41) is 5.01. The van der Waals surface area contributed by atoms with Crippen LogP contribution < -0.4 is 5.73 Å². The molecule has 0 aliphatic carbocycles. The predicted molar refractivity (Wildman–Crippen MR) is 110 cm³/mol. The number of nitrogens with zero attached hydrogens (tertiary/aromatic N) is 4. The van der Waals surface area contributed by atoms with E-state index in [2.05, 4.69) is 15.1 Å². The van der Waals surface area contributed by atoms with Gasteiger partial charge in [0.15, 0.2) is 5.82 Å². The SMILES string of the molecule is Cc1cc(-c2ncn(/C=C(/C(N)=O)c3cnc4ccccc4c3)n2)cc(C(F)(F)F)c1. The Kier molecular flexibility index (Phi) is 5.02. The Hall–Kier alpha value is -4.01. The fourth-order valence-electron chi connectivity index (χ4n) is 3.18. The van der Waals surface area contributed by atoms with Crippen molar-refractivity contribution in [2.75, 3.05) is 0 Å². The van der Waals surface area contributed by atoms with Crippen molar-refractivity contribution in [2.24, 2.45) is 5.73 Å². The van der Waals surface area contributed by atoms with Crippen LogP contribution in [0, 0.1) is 6.92 Å². The number of aryl methyl sites for hydroxylation is 1. The first-order chi connectivity index (χ1) is 14.7. The molecule has 0 fully saturated rings. The molecule has 2 aromatic carbocycles. The largest absolute Gasteiger partial charge is 0.416 e. The monoisotopic (exact) mass is 423 g/mol. The number of carbonyl (C=O) groups is 1. The van der Waals surface area contributed by atoms with Crippen LogP contribution in [0.2, 0.25) is 0 Å². The Morgan fingerprint density at radius 1 is 1.10 bits per heavy atom. The number of para-hydroxylation sites is 1. The lowest BCUT2D eigenvalue weighted by atomic mass is 10.1. The minimum Gasteiger partial charge on any atom is -0.366 e. The van der Waals surface area contributed by atoms with E-state index in [9.17, 15) is 18.0 Å². The first-order valence-corrected chi connectivity index (χ1v) is 9.18. The molecule has 0 saturated carbocycles. The number of hydrogen-bond donors (Lipinski definition) is 1. The molecule has 2 heterocycles. The molecule has 0 aliphatic rings. The second-order valence-electron chi connectivity index (χ2n) is 6.96. The zero-order chi connectivity index (χ0) is 22.2. The number of aromatic nitrogens is 4. The van der Waals surface area contributed by atoms with E-state index in [1.165, 1.54) is 23.4 Å². The molecule has 2 aromatic heterocycles. The molecular formula is C22H16F3N5O. The van der Waals surface area contributed by atoms with Crippen LogP contribution in [0.5, 0.6) is 0 Å². The van der Waals surface area contributed by atoms with Gasteiger partial charge >= 0.3 is 6.18 Å². The molecule has 0 atom stereocenters. The maximum Gasteiger partial charge on any atom is 0.416 e. The number of carbonyl (C=O) groups excluding carboxylic acids is 1. The van der Waals surface area contributed by atoms with E-state index in [1.807, 2.05) is 24.3 Å². The molecule has 6 nitrogen and oxygen atoms in total. The number of hydrogen-bond acceptors (Lipinski definition) is 4. The minimum atomic E-state index is -4.48. The highest BCUT2D eigenvalue weighted by atomic mass is 19.4. The number of amides is 1. The summed E-state index contributed by atoms with van der Waals surface area (Å²) in [7, 11) is 0. The third-order valence-corrected chi connectivity index (χ3v) is 4.60. The lowest BCUT2D eigenvalue weighted by Gasteiger charge is -2.09. The average molecular weight is 423 g/mol. The second-order valence-corrected chi connectivity index (χ2v) is 6.96. The number of nitrogens with two attached hydrogens (primary N) is 1. The van der Waals surface area contributed by atoms with Crippen LogP contribution in [-0.4, -0.2) is 25.7 Å². The summed E-state index contributed by atoms with van der Waals surface area (Å²) in [6.07, 6.45) is -0.300. The molecular weight excluding hydrogens is 407 g/mol. The van der Waals surface area contributed by atoms with Gasteiger partial charge in [0.05, 0.1) is 16.7 Å². The van der Waals surface area contributed by atoms with Gasteiger partial charge in [-0.05, 0) is 42.8 Å². The Bertz CT molecular complexity index is 1320. The summed E-state index contributed by atoms with van der Waals surface area (Å²) in [4.78, 5) is 20.5. The van der Waals surface area contributed by atoms with Gasteiger partial charge in [0.2, 0.25) is 0 Å². The molecule has 0 unspecified atom stereocenters. The van der Waals surface area contributed by atoms with Crippen LogP contribution in [0.25, 0.3) is 34.1 Å². The molecule has 0 bridgehead atoms. The molecule has 0 aliphatic heterocycles. The van der Waals surface area contributed by atoms with Gasteiger partial charge in [-0.15, -0.1) is 5.10 Å². The van der Waals surface area contributed by atoms with E-state index >= 15 is 0 Å². The van der Waals surface area contributed by atoms with Crippen molar-refractivity contribution in [1.29, 1.82) is 0 Å². The lowest BCUT2D eigenvalue weighted by Crippen LogP contribution is -2.14. The summed E-state index contributed by atoms with van der Waals surface area (Å²) in [5.74, 6) is -0.616. The minimum absolute atomic E-state index is 0.0888. The summed E-state index contributed by atoms with van der Waals surface area (Å²) < 4.78 is 40.6. The highest BCUT2D eigenvalue weighted by molar-refractivity contribution is 6.22. The molecule has 4 aromatic rings. The molecule has 1 amide bonds. The van der Waals surface area contributed by atoms with Gasteiger partial charge in [-0.1, -0.05) is 18.2 Å². The third-order valence-electron chi connectivity index (χ3n) is 4.60. The topological polar surface area (TPSA) is 86.7 Å². The Balaban J connectivity index is 1.73. The van der Waals surface area contributed by atoms with E-state index in [4.69, 9.17) is 5.73 Å². The molecule has 0 spiro atoms. The highest BCUT2D eigenvalue weighted by Crippen LogP contribution is 2.32. The maximum atomic E-state index is 13.1. The summed E-state index contributed by atoms with van der Waals surface area (Å²) in [6, 6.07) is 12.8. The van der Waals surface area contributed by atoms with E-state index in [1.54, 1.807) is 19.1 Å². The summed E-state index contributed by atoms with van der Waals surface area (Å²) in [6.45, 7) is 1.56. The summed E-state index contributed by atoms with van der Waals surface area (Å²) >= 11 is 0. The van der Waals surface area contributed by atoms with Crippen LogP contribution in [0.3, 0.4) is 0 Å². The van der Waals surface area contributed by atoms with Gasteiger partial charge in [-0.3, -0.25) is 9.78 Å². The summed E-state index contributed by atoms with van der Waals surface area (Å²) in [5.41, 5.74) is 6.79. The highest BCUT2D eigenvalue weighted by Gasteiger charge is 2.31. The van der Waals surface area contributed by atoms with Crippen LogP contribution in [0.1, 0.15) is 16.7 Å². The predicted octanol–water partition coefficient (Wildman–Crippen LogP) is 4.30.